The molecule has 0 spiro atoms. The molecule has 0 aliphatic heterocycles. The van der Waals surface area contributed by atoms with Crippen molar-refractivity contribution in [3.63, 3.8) is 0 Å². The van der Waals surface area contributed by atoms with Crippen LogP contribution in [0.3, 0.4) is 0 Å². The smallest absolute Gasteiger partial charge is 0.0350 e. The lowest BCUT2D eigenvalue weighted by atomic mass is 9.82. The molecule has 1 aromatic carbocycles. The van der Waals surface area contributed by atoms with E-state index in [0.29, 0.717) is 23.9 Å². The maximum atomic E-state index is 6.04. The molecule has 3 unspecified atom stereocenters. The van der Waals surface area contributed by atoms with Crippen LogP contribution >= 0.6 is 0 Å². The Labute approximate surface area is 130 Å². The van der Waals surface area contributed by atoms with E-state index in [4.69, 9.17) is 5.73 Å². The van der Waals surface area contributed by atoms with Crippen molar-refractivity contribution in [3.8, 4) is 0 Å². The van der Waals surface area contributed by atoms with Gasteiger partial charge in [-0.1, -0.05) is 57.0 Å². The Bertz CT molecular complexity index is 401. The first-order chi connectivity index (χ1) is 10.1. The lowest BCUT2D eigenvalue weighted by molar-refractivity contribution is 0.0814. The molecular weight excluding hydrogens is 256 g/mol. The topological polar surface area (TPSA) is 29.3 Å². The van der Waals surface area contributed by atoms with Gasteiger partial charge in [0.15, 0.2) is 0 Å². The first kappa shape index (κ1) is 16.5. The molecule has 1 aromatic rings. The van der Waals surface area contributed by atoms with Crippen LogP contribution in [0.15, 0.2) is 30.3 Å². The summed E-state index contributed by atoms with van der Waals surface area (Å²) in [6, 6.07) is 12.2. The zero-order valence-corrected chi connectivity index (χ0v) is 14.0. The summed E-state index contributed by atoms with van der Waals surface area (Å²) in [5, 5.41) is 0. The Morgan fingerprint density at radius 3 is 2.43 bits per heavy atom. The first-order valence-corrected chi connectivity index (χ1v) is 8.60. The second kappa shape index (κ2) is 7.95. The SMILES string of the molecule is CC(C)CC(c1ccccc1)N(C)C1CCCCC1CN. The Balaban J connectivity index is 2.19. The average Bonchev–Trinajstić information content (AvgIpc) is 2.52. The van der Waals surface area contributed by atoms with Gasteiger partial charge < -0.3 is 5.73 Å². The first-order valence-electron chi connectivity index (χ1n) is 8.60. The molecule has 1 aliphatic rings. The van der Waals surface area contributed by atoms with E-state index in [1.807, 2.05) is 0 Å². The van der Waals surface area contributed by atoms with Crippen LogP contribution < -0.4 is 5.73 Å². The van der Waals surface area contributed by atoms with Gasteiger partial charge >= 0.3 is 0 Å². The lowest BCUT2D eigenvalue weighted by Crippen LogP contribution is -2.45. The predicted octanol–water partition coefficient (Wildman–Crippen LogP) is 4.22. The van der Waals surface area contributed by atoms with E-state index in [-0.39, 0.29) is 0 Å². The molecule has 3 atom stereocenters. The Morgan fingerprint density at radius 1 is 1.14 bits per heavy atom. The van der Waals surface area contributed by atoms with Gasteiger partial charge in [0.2, 0.25) is 0 Å². The fourth-order valence-electron chi connectivity index (χ4n) is 3.89. The Hall–Kier alpha value is -0.860. The van der Waals surface area contributed by atoms with Gasteiger partial charge in [-0.25, -0.2) is 0 Å². The van der Waals surface area contributed by atoms with Crippen molar-refractivity contribution < 1.29 is 0 Å². The third kappa shape index (κ3) is 4.31. The summed E-state index contributed by atoms with van der Waals surface area (Å²) in [7, 11) is 2.32. The lowest BCUT2D eigenvalue weighted by Gasteiger charge is -2.42. The summed E-state index contributed by atoms with van der Waals surface area (Å²) < 4.78 is 0. The molecule has 21 heavy (non-hydrogen) atoms. The van der Waals surface area contributed by atoms with Crippen LogP contribution in [0.4, 0.5) is 0 Å². The zero-order chi connectivity index (χ0) is 15.2. The maximum Gasteiger partial charge on any atom is 0.0350 e. The molecule has 2 rings (SSSR count). The van der Waals surface area contributed by atoms with E-state index >= 15 is 0 Å². The highest BCUT2D eigenvalue weighted by molar-refractivity contribution is 5.19. The van der Waals surface area contributed by atoms with Gasteiger partial charge in [0.1, 0.15) is 0 Å². The van der Waals surface area contributed by atoms with Gasteiger partial charge in [-0.15, -0.1) is 0 Å². The molecular formula is C19H32N2. The van der Waals surface area contributed by atoms with Gasteiger partial charge in [0, 0.05) is 12.1 Å². The monoisotopic (exact) mass is 288 g/mol. The molecule has 0 radical (unpaired) electrons. The second-order valence-electron chi connectivity index (χ2n) is 7.07. The molecule has 0 bridgehead atoms. The fourth-order valence-corrected chi connectivity index (χ4v) is 3.89. The summed E-state index contributed by atoms with van der Waals surface area (Å²) >= 11 is 0. The number of nitrogens with zero attached hydrogens (tertiary/aromatic N) is 1. The van der Waals surface area contributed by atoms with Crippen LogP contribution in [0.25, 0.3) is 0 Å². The van der Waals surface area contributed by atoms with Crippen molar-refractivity contribution in [3.05, 3.63) is 35.9 Å². The van der Waals surface area contributed by atoms with Crippen LogP contribution in [0.2, 0.25) is 0 Å². The molecule has 2 nitrogen and oxygen atoms in total. The second-order valence-corrected chi connectivity index (χ2v) is 7.07. The average molecular weight is 288 g/mol. The van der Waals surface area contributed by atoms with Crippen LogP contribution in [-0.4, -0.2) is 24.5 Å². The van der Waals surface area contributed by atoms with Crippen molar-refractivity contribution in [2.45, 2.75) is 58.0 Å². The number of nitrogens with two attached hydrogens (primary N) is 1. The van der Waals surface area contributed by atoms with E-state index in [1.165, 1.54) is 37.7 Å². The van der Waals surface area contributed by atoms with E-state index in [9.17, 15) is 0 Å². The fraction of sp³-hybridized carbons (Fsp3) is 0.684. The van der Waals surface area contributed by atoms with Crippen LogP contribution in [-0.2, 0) is 0 Å². The van der Waals surface area contributed by atoms with Crippen molar-refractivity contribution >= 4 is 0 Å². The molecule has 2 heteroatoms. The number of hydrogen-bond acceptors (Lipinski definition) is 2. The van der Waals surface area contributed by atoms with Crippen LogP contribution in [0.5, 0.6) is 0 Å². The molecule has 1 saturated carbocycles. The summed E-state index contributed by atoms with van der Waals surface area (Å²) in [6.45, 7) is 5.48. The van der Waals surface area contributed by atoms with Gasteiger partial charge in [-0.2, -0.15) is 0 Å². The van der Waals surface area contributed by atoms with E-state index in [2.05, 4.69) is 56.1 Å². The minimum Gasteiger partial charge on any atom is -0.330 e. The minimum atomic E-state index is 0.517. The third-order valence-electron chi connectivity index (χ3n) is 5.07. The molecule has 0 amide bonds. The summed E-state index contributed by atoms with van der Waals surface area (Å²) in [6.07, 6.45) is 6.53. The highest BCUT2D eigenvalue weighted by Crippen LogP contribution is 2.35. The number of benzene rings is 1. The third-order valence-corrected chi connectivity index (χ3v) is 5.07. The summed E-state index contributed by atoms with van der Waals surface area (Å²) in [5.74, 6) is 1.37. The quantitative estimate of drug-likeness (QED) is 0.849. The molecule has 118 valence electrons. The zero-order valence-electron chi connectivity index (χ0n) is 14.0. The van der Waals surface area contributed by atoms with Gasteiger partial charge in [-0.05, 0) is 50.3 Å². The standard InChI is InChI=1S/C19H32N2/c1-15(2)13-19(16-9-5-4-6-10-16)21(3)18-12-8-7-11-17(18)14-20/h4-6,9-10,15,17-19H,7-8,11-14,20H2,1-3H3. The molecule has 1 aliphatic carbocycles. The maximum absolute atomic E-state index is 6.04. The van der Waals surface area contributed by atoms with Crippen molar-refractivity contribution in [1.82, 2.24) is 4.90 Å². The number of rotatable bonds is 6. The summed E-state index contributed by atoms with van der Waals surface area (Å²) in [4.78, 5) is 2.63. The van der Waals surface area contributed by atoms with Crippen molar-refractivity contribution in [1.29, 1.82) is 0 Å². The van der Waals surface area contributed by atoms with Crippen molar-refractivity contribution in [2.75, 3.05) is 13.6 Å². The van der Waals surface area contributed by atoms with Gasteiger partial charge in [-0.3, -0.25) is 4.90 Å². The highest BCUT2D eigenvalue weighted by atomic mass is 15.2. The van der Waals surface area contributed by atoms with Crippen LogP contribution in [0.1, 0.15) is 57.6 Å². The Kier molecular flexibility index (Phi) is 6.25. The predicted molar refractivity (Wildman–Crippen MR) is 91.2 cm³/mol. The molecule has 0 heterocycles. The van der Waals surface area contributed by atoms with E-state index in [1.54, 1.807) is 0 Å². The van der Waals surface area contributed by atoms with Crippen molar-refractivity contribution in [2.24, 2.45) is 17.6 Å². The normalized spacial score (nSPS) is 24.5. The largest absolute Gasteiger partial charge is 0.330 e. The minimum absolute atomic E-state index is 0.517. The summed E-state index contributed by atoms with van der Waals surface area (Å²) in [5.41, 5.74) is 7.50. The Morgan fingerprint density at radius 2 is 1.81 bits per heavy atom. The van der Waals surface area contributed by atoms with Gasteiger partial charge in [0.25, 0.3) is 0 Å². The van der Waals surface area contributed by atoms with Gasteiger partial charge in [0.05, 0.1) is 0 Å². The molecule has 1 fully saturated rings. The highest BCUT2D eigenvalue weighted by Gasteiger charge is 2.31. The van der Waals surface area contributed by atoms with E-state index in [0.717, 1.165) is 6.54 Å². The van der Waals surface area contributed by atoms with Crippen LogP contribution in [0, 0.1) is 11.8 Å². The molecule has 2 N–H and O–H groups in total. The molecule has 0 saturated heterocycles. The molecule has 0 aromatic heterocycles. The number of hydrogen-bond donors (Lipinski definition) is 1. The van der Waals surface area contributed by atoms with E-state index < -0.39 is 0 Å².